The van der Waals surface area contributed by atoms with Crippen molar-refractivity contribution >= 4 is 22.5 Å². The van der Waals surface area contributed by atoms with Crippen LogP contribution in [0.15, 0.2) is 18.3 Å². The molecule has 1 aromatic carbocycles. The van der Waals surface area contributed by atoms with Gasteiger partial charge in [-0.2, -0.15) is 5.10 Å². The quantitative estimate of drug-likeness (QED) is 0.878. The molecule has 0 bridgehead atoms. The molecule has 1 fully saturated rings. The van der Waals surface area contributed by atoms with Crippen LogP contribution in [0, 0.1) is 0 Å². The van der Waals surface area contributed by atoms with E-state index < -0.39 is 0 Å². The van der Waals surface area contributed by atoms with Gasteiger partial charge in [-0.15, -0.1) is 0 Å². The lowest BCUT2D eigenvalue weighted by molar-refractivity contribution is 0.145. The molecule has 1 saturated carbocycles. The molecule has 5 heteroatoms. The Kier molecular flexibility index (Phi) is 3.14. The summed E-state index contributed by atoms with van der Waals surface area (Å²) < 4.78 is 5.98. The number of nitrogens with one attached hydrogen (secondary N) is 1. The molecule has 2 atom stereocenters. The smallest absolute Gasteiger partial charge is 0.139 e. The van der Waals surface area contributed by atoms with E-state index in [1.54, 1.807) is 6.20 Å². The van der Waals surface area contributed by atoms with Crippen molar-refractivity contribution in [3.63, 3.8) is 0 Å². The summed E-state index contributed by atoms with van der Waals surface area (Å²) in [7, 11) is 0. The summed E-state index contributed by atoms with van der Waals surface area (Å²) in [6, 6.07) is 4.08. The monoisotopic (exact) mass is 265 g/mol. The van der Waals surface area contributed by atoms with Crippen LogP contribution in [0.4, 0.5) is 0 Å². The lowest BCUT2D eigenvalue weighted by Gasteiger charge is -2.27. The second-order valence-electron chi connectivity index (χ2n) is 4.88. The Hall–Kier alpha value is -1.26. The summed E-state index contributed by atoms with van der Waals surface area (Å²) >= 11 is 6.32. The van der Waals surface area contributed by atoms with Crippen LogP contribution in [0.5, 0.6) is 5.75 Å². The summed E-state index contributed by atoms with van der Waals surface area (Å²) in [6.07, 6.45) is 6.06. The normalized spacial score (nSPS) is 24.3. The first-order valence-electron chi connectivity index (χ1n) is 6.28. The van der Waals surface area contributed by atoms with Gasteiger partial charge in [0.05, 0.1) is 16.7 Å². The van der Waals surface area contributed by atoms with E-state index in [1.807, 2.05) is 12.1 Å². The van der Waals surface area contributed by atoms with Crippen LogP contribution in [0.25, 0.3) is 10.9 Å². The third-order valence-electron chi connectivity index (χ3n) is 3.48. The Morgan fingerprint density at radius 2 is 2.28 bits per heavy atom. The van der Waals surface area contributed by atoms with Crippen molar-refractivity contribution in [2.75, 3.05) is 0 Å². The molecule has 1 aliphatic rings. The number of nitrogens with zero attached hydrogens (tertiary/aromatic N) is 1. The second-order valence-corrected chi connectivity index (χ2v) is 5.25. The number of benzene rings is 1. The number of halogens is 1. The number of rotatable bonds is 2. The predicted octanol–water partition coefficient (Wildman–Crippen LogP) is 2.87. The molecule has 2 unspecified atom stereocenters. The van der Waals surface area contributed by atoms with Gasteiger partial charge in [-0.3, -0.25) is 5.10 Å². The Labute approximate surface area is 110 Å². The van der Waals surface area contributed by atoms with E-state index in [-0.39, 0.29) is 12.1 Å². The van der Waals surface area contributed by atoms with Crippen LogP contribution < -0.4 is 10.5 Å². The highest BCUT2D eigenvalue weighted by molar-refractivity contribution is 6.36. The Bertz CT molecular complexity index is 554. The van der Waals surface area contributed by atoms with Crippen molar-refractivity contribution in [2.45, 2.75) is 37.8 Å². The molecule has 0 saturated heterocycles. The fraction of sp³-hybridized carbons (Fsp3) is 0.462. The van der Waals surface area contributed by atoms with Crippen molar-refractivity contribution in [3.05, 3.63) is 23.4 Å². The Morgan fingerprint density at radius 1 is 1.39 bits per heavy atom. The first-order chi connectivity index (χ1) is 8.74. The average molecular weight is 266 g/mol. The SMILES string of the molecule is NC1CCCC(Oc2ccc3[nH]ncc3c2Cl)C1. The number of aromatic nitrogens is 2. The first-order valence-corrected chi connectivity index (χ1v) is 6.65. The van der Waals surface area contributed by atoms with Crippen LogP contribution >= 0.6 is 11.6 Å². The van der Waals surface area contributed by atoms with E-state index >= 15 is 0 Å². The predicted molar refractivity (Wildman–Crippen MR) is 72.0 cm³/mol. The van der Waals surface area contributed by atoms with Gasteiger partial charge in [-0.05, 0) is 37.8 Å². The van der Waals surface area contributed by atoms with Gasteiger partial charge in [-0.25, -0.2) is 0 Å². The summed E-state index contributed by atoms with van der Waals surface area (Å²) in [5, 5.41) is 8.39. The zero-order chi connectivity index (χ0) is 12.5. The highest BCUT2D eigenvalue weighted by Gasteiger charge is 2.21. The van der Waals surface area contributed by atoms with Crippen molar-refractivity contribution in [1.82, 2.24) is 10.2 Å². The van der Waals surface area contributed by atoms with Gasteiger partial charge in [0, 0.05) is 11.4 Å². The molecule has 2 aromatic rings. The van der Waals surface area contributed by atoms with Crippen molar-refractivity contribution in [2.24, 2.45) is 5.73 Å². The van der Waals surface area contributed by atoms with E-state index in [2.05, 4.69) is 10.2 Å². The Morgan fingerprint density at radius 3 is 3.11 bits per heavy atom. The maximum absolute atomic E-state index is 6.32. The summed E-state index contributed by atoms with van der Waals surface area (Å²) in [5.41, 5.74) is 6.89. The molecule has 0 aliphatic heterocycles. The molecule has 4 nitrogen and oxygen atoms in total. The number of ether oxygens (including phenoxy) is 1. The van der Waals surface area contributed by atoms with Crippen LogP contribution in [-0.4, -0.2) is 22.3 Å². The molecule has 3 rings (SSSR count). The summed E-state index contributed by atoms with van der Waals surface area (Å²) in [4.78, 5) is 0. The summed E-state index contributed by atoms with van der Waals surface area (Å²) in [6.45, 7) is 0. The maximum atomic E-state index is 6.32. The van der Waals surface area contributed by atoms with Crippen LogP contribution in [0.3, 0.4) is 0 Å². The van der Waals surface area contributed by atoms with Gasteiger partial charge in [0.15, 0.2) is 0 Å². The molecule has 0 spiro atoms. The molecule has 1 aromatic heterocycles. The van der Waals surface area contributed by atoms with Gasteiger partial charge >= 0.3 is 0 Å². The molecule has 3 N–H and O–H groups in total. The fourth-order valence-electron chi connectivity index (χ4n) is 2.52. The number of H-pyrrole nitrogens is 1. The molecule has 18 heavy (non-hydrogen) atoms. The lowest BCUT2D eigenvalue weighted by atomic mass is 9.93. The molecule has 96 valence electrons. The molecule has 0 radical (unpaired) electrons. The van der Waals surface area contributed by atoms with Gasteiger partial charge in [0.1, 0.15) is 11.9 Å². The largest absolute Gasteiger partial charge is 0.489 e. The molecule has 0 amide bonds. The van der Waals surface area contributed by atoms with E-state index in [9.17, 15) is 0 Å². The van der Waals surface area contributed by atoms with Crippen LogP contribution in [-0.2, 0) is 0 Å². The van der Waals surface area contributed by atoms with E-state index in [0.717, 1.165) is 42.3 Å². The van der Waals surface area contributed by atoms with E-state index in [4.69, 9.17) is 22.1 Å². The van der Waals surface area contributed by atoms with E-state index in [1.165, 1.54) is 0 Å². The van der Waals surface area contributed by atoms with Crippen molar-refractivity contribution in [1.29, 1.82) is 0 Å². The minimum Gasteiger partial charge on any atom is -0.489 e. The number of nitrogens with two attached hydrogens (primary N) is 1. The Balaban J connectivity index is 1.83. The zero-order valence-electron chi connectivity index (χ0n) is 10.0. The number of hydrogen-bond donors (Lipinski definition) is 2. The molecule has 1 heterocycles. The summed E-state index contributed by atoms with van der Waals surface area (Å²) in [5.74, 6) is 0.727. The standard InChI is InChI=1S/C13H16ClN3O/c14-13-10-7-16-17-11(10)4-5-12(13)18-9-3-1-2-8(15)6-9/h4-5,7-9H,1-3,6,15H2,(H,16,17). The topological polar surface area (TPSA) is 63.9 Å². The van der Waals surface area contributed by atoms with Crippen LogP contribution in [0.1, 0.15) is 25.7 Å². The van der Waals surface area contributed by atoms with Crippen molar-refractivity contribution < 1.29 is 4.74 Å². The van der Waals surface area contributed by atoms with E-state index in [0.29, 0.717) is 5.02 Å². The van der Waals surface area contributed by atoms with Gasteiger partial charge in [-0.1, -0.05) is 11.6 Å². The average Bonchev–Trinajstić information content (AvgIpc) is 2.82. The van der Waals surface area contributed by atoms with Crippen molar-refractivity contribution in [3.8, 4) is 5.75 Å². The van der Waals surface area contributed by atoms with Crippen LogP contribution in [0.2, 0.25) is 5.02 Å². The second kappa shape index (κ2) is 4.78. The third-order valence-corrected chi connectivity index (χ3v) is 3.87. The minimum absolute atomic E-state index is 0.176. The van der Waals surface area contributed by atoms with Gasteiger partial charge < -0.3 is 10.5 Å². The number of fused-ring (bicyclic) bond motifs is 1. The molecular formula is C13H16ClN3O. The minimum atomic E-state index is 0.176. The maximum Gasteiger partial charge on any atom is 0.139 e. The lowest BCUT2D eigenvalue weighted by Crippen LogP contribution is -2.33. The highest BCUT2D eigenvalue weighted by atomic mass is 35.5. The number of hydrogen-bond acceptors (Lipinski definition) is 3. The fourth-order valence-corrected chi connectivity index (χ4v) is 2.78. The molecular weight excluding hydrogens is 250 g/mol. The van der Waals surface area contributed by atoms with Gasteiger partial charge in [0.25, 0.3) is 0 Å². The number of aromatic amines is 1. The third kappa shape index (κ3) is 2.18. The first kappa shape index (κ1) is 11.8. The van der Waals surface area contributed by atoms with Gasteiger partial charge in [0.2, 0.25) is 0 Å². The molecule has 1 aliphatic carbocycles. The highest BCUT2D eigenvalue weighted by Crippen LogP contribution is 2.34. The zero-order valence-corrected chi connectivity index (χ0v) is 10.8.